The lowest BCUT2D eigenvalue weighted by atomic mass is 9.91. The van der Waals surface area contributed by atoms with E-state index in [-0.39, 0.29) is 18.7 Å². The molecular formula is C28H22N2O3S. The molecule has 0 saturated heterocycles. The topological polar surface area (TPSA) is 54.6 Å². The van der Waals surface area contributed by atoms with Gasteiger partial charge in [-0.1, -0.05) is 42.5 Å². The fourth-order valence-electron chi connectivity index (χ4n) is 5.37. The first-order valence-electron chi connectivity index (χ1n) is 11.5. The van der Waals surface area contributed by atoms with Gasteiger partial charge in [0.1, 0.15) is 0 Å². The smallest absolute Gasteiger partial charge is 0.231 e. The maximum atomic E-state index is 13.8. The van der Waals surface area contributed by atoms with Crippen LogP contribution in [-0.2, 0) is 17.6 Å². The standard InChI is InChI=1S/C28H22N2O3S/c31-26(14-18-15-34-25-8-4-2-5-19(18)25)30-12-11-21-20-6-1-3-7-22(20)29-27(21)28(30)17-9-10-23-24(13-17)33-16-32-23/h1-10,13,15,28-29H,11-12,14,16H2. The second-order valence-corrected chi connectivity index (χ2v) is 9.76. The molecule has 5 aromatic rings. The monoisotopic (exact) mass is 466 g/mol. The zero-order valence-corrected chi connectivity index (χ0v) is 19.2. The first-order chi connectivity index (χ1) is 16.8. The number of H-pyrrole nitrogens is 1. The number of hydrogen-bond acceptors (Lipinski definition) is 4. The van der Waals surface area contributed by atoms with Crippen molar-refractivity contribution in [3.05, 3.63) is 94.5 Å². The van der Waals surface area contributed by atoms with E-state index in [1.807, 2.05) is 35.2 Å². The van der Waals surface area contributed by atoms with E-state index in [2.05, 4.69) is 46.8 Å². The van der Waals surface area contributed by atoms with Crippen molar-refractivity contribution in [1.29, 1.82) is 0 Å². The number of amides is 1. The van der Waals surface area contributed by atoms with Crippen molar-refractivity contribution in [3.8, 4) is 11.5 Å². The van der Waals surface area contributed by atoms with E-state index in [1.54, 1.807) is 11.3 Å². The molecule has 168 valence electrons. The number of nitrogens with one attached hydrogen (secondary N) is 1. The van der Waals surface area contributed by atoms with Gasteiger partial charge in [0.05, 0.1) is 12.5 Å². The van der Waals surface area contributed by atoms with Crippen LogP contribution >= 0.6 is 11.3 Å². The molecule has 7 rings (SSSR count). The van der Waals surface area contributed by atoms with Gasteiger partial charge in [-0.25, -0.2) is 0 Å². The highest BCUT2D eigenvalue weighted by Crippen LogP contribution is 2.42. The van der Waals surface area contributed by atoms with Gasteiger partial charge in [0.2, 0.25) is 12.7 Å². The Morgan fingerprint density at radius 2 is 1.82 bits per heavy atom. The van der Waals surface area contributed by atoms with Crippen molar-refractivity contribution in [2.45, 2.75) is 18.9 Å². The fraction of sp³-hybridized carbons (Fsp3) is 0.179. The molecule has 0 radical (unpaired) electrons. The molecule has 34 heavy (non-hydrogen) atoms. The van der Waals surface area contributed by atoms with Crippen LogP contribution in [-0.4, -0.2) is 29.1 Å². The van der Waals surface area contributed by atoms with Crippen LogP contribution in [0.4, 0.5) is 0 Å². The third-order valence-corrected chi connectivity index (χ3v) is 7.98. The second-order valence-electron chi connectivity index (χ2n) is 8.85. The van der Waals surface area contributed by atoms with Crippen molar-refractivity contribution in [1.82, 2.24) is 9.88 Å². The van der Waals surface area contributed by atoms with Crippen LogP contribution in [0.15, 0.2) is 72.1 Å². The van der Waals surface area contributed by atoms with Gasteiger partial charge in [-0.05, 0) is 58.1 Å². The quantitative estimate of drug-likeness (QED) is 0.364. The molecule has 2 aliphatic rings. The van der Waals surface area contributed by atoms with E-state index in [0.29, 0.717) is 13.0 Å². The lowest BCUT2D eigenvalue weighted by molar-refractivity contribution is -0.132. The van der Waals surface area contributed by atoms with E-state index >= 15 is 0 Å². The molecule has 5 nitrogen and oxygen atoms in total. The number of aromatic nitrogens is 1. The molecule has 4 heterocycles. The van der Waals surface area contributed by atoms with Crippen molar-refractivity contribution in [2.75, 3.05) is 13.3 Å². The summed E-state index contributed by atoms with van der Waals surface area (Å²) in [5.74, 6) is 1.62. The van der Waals surface area contributed by atoms with Crippen LogP contribution in [0.25, 0.3) is 21.0 Å². The Kier molecular flexibility index (Phi) is 4.42. The predicted octanol–water partition coefficient (Wildman–Crippen LogP) is 5.83. The number of carbonyl (C=O) groups is 1. The van der Waals surface area contributed by atoms with Crippen LogP contribution in [0.5, 0.6) is 11.5 Å². The molecule has 2 aromatic heterocycles. The summed E-state index contributed by atoms with van der Waals surface area (Å²) in [4.78, 5) is 19.5. The van der Waals surface area contributed by atoms with Gasteiger partial charge >= 0.3 is 0 Å². The Bertz CT molecular complexity index is 1570. The number of benzene rings is 3. The Morgan fingerprint density at radius 3 is 2.76 bits per heavy atom. The minimum absolute atomic E-state index is 0.135. The number of ether oxygens (including phenoxy) is 2. The summed E-state index contributed by atoms with van der Waals surface area (Å²) in [7, 11) is 0. The summed E-state index contributed by atoms with van der Waals surface area (Å²) in [6, 6.07) is 22.5. The van der Waals surface area contributed by atoms with Gasteiger partial charge in [-0.15, -0.1) is 11.3 Å². The molecule has 3 aromatic carbocycles. The van der Waals surface area contributed by atoms with E-state index in [1.165, 1.54) is 21.0 Å². The van der Waals surface area contributed by atoms with Crippen LogP contribution in [0, 0.1) is 0 Å². The maximum absolute atomic E-state index is 13.8. The van der Waals surface area contributed by atoms with E-state index in [0.717, 1.165) is 40.3 Å². The van der Waals surface area contributed by atoms with Crippen molar-refractivity contribution >= 4 is 38.2 Å². The molecular weight excluding hydrogens is 444 g/mol. The Hall–Kier alpha value is -3.77. The zero-order valence-electron chi connectivity index (χ0n) is 18.4. The molecule has 0 fully saturated rings. The SMILES string of the molecule is O=C(Cc1csc2ccccc12)N1CCc2c([nH]c3ccccc23)C1c1ccc2c(c1)OCO2. The number of hydrogen-bond donors (Lipinski definition) is 1. The Balaban J connectivity index is 1.32. The number of thiophene rings is 1. The second kappa shape index (κ2) is 7.64. The number of aromatic amines is 1. The van der Waals surface area contributed by atoms with Crippen LogP contribution in [0.2, 0.25) is 0 Å². The van der Waals surface area contributed by atoms with Gasteiger partial charge < -0.3 is 19.4 Å². The number of fused-ring (bicyclic) bond motifs is 5. The first-order valence-corrected chi connectivity index (χ1v) is 12.4. The summed E-state index contributed by atoms with van der Waals surface area (Å²) in [6.45, 7) is 0.907. The molecule has 6 heteroatoms. The molecule has 0 bridgehead atoms. The molecule has 1 unspecified atom stereocenters. The fourth-order valence-corrected chi connectivity index (χ4v) is 6.34. The normalized spacial score (nSPS) is 16.8. The minimum atomic E-state index is -0.206. The largest absolute Gasteiger partial charge is 0.454 e. The molecule has 0 aliphatic carbocycles. The van der Waals surface area contributed by atoms with Crippen LogP contribution < -0.4 is 9.47 Å². The summed E-state index contributed by atoms with van der Waals surface area (Å²) in [5, 5.41) is 4.53. The zero-order chi connectivity index (χ0) is 22.6. The lowest BCUT2D eigenvalue weighted by Crippen LogP contribution is -2.41. The van der Waals surface area contributed by atoms with Crippen molar-refractivity contribution in [2.24, 2.45) is 0 Å². The summed E-state index contributed by atoms with van der Waals surface area (Å²) >= 11 is 1.70. The van der Waals surface area contributed by atoms with Gasteiger partial charge in [-0.3, -0.25) is 4.79 Å². The summed E-state index contributed by atoms with van der Waals surface area (Å²) in [5.41, 5.74) is 5.62. The Labute approximate surface area is 200 Å². The molecule has 1 atom stereocenters. The molecule has 2 aliphatic heterocycles. The Morgan fingerprint density at radius 1 is 1.00 bits per heavy atom. The van der Waals surface area contributed by atoms with E-state index < -0.39 is 0 Å². The number of nitrogens with zero attached hydrogens (tertiary/aromatic N) is 1. The highest BCUT2D eigenvalue weighted by Gasteiger charge is 2.35. The molecule has 1 N–H and O–H groups in total. The average molecular weight is 467 g/mol. The first kappa shape index (κ1) is 19.7. The van der Waals surface area contributed by atoms with E-state index in [9.17, 15) is 4.79 Å². The van der Waals surface area contributed by atoms with Crippen molar-refractivity contribution < 1.29 is 14.3 Å². The van der Waals surface area contributed by atoms with Gasteiger partial charge in [-0.2, -0.15) is 0 Å². The molecule has 0 saturated carbocycles. The van der Waals surface area contributed by atoms with Crippen LogP contribution in [0.3, 0.4) is 0 Å². The summed E-state index contributed by atoms with van der Waals surface area (Å²) < 4.78 is 12.4. The average Bonchev–Trinajstić information content (AvgIpc) is 3.60. The van der Waals surface area contributed by atoms with Gasteiger partial charge in [0.15, 0.2) is 11.5 Å². The number of carbonyl (C=O) groups excluding carboxylic acids is 1. The van der Waals surface area contributed by atoms with E-state index in [4.69, 9.17) is 9.47 Å². The predicted molar refractivity (Wildman–Crippen MR) is 134 cm³/mol. The number of para-hydroxylation sites is 1. The maximum Gasteiger partial charge on any atom is 0.231 e. The summed E-state index contributed by atoms with van der Waals surface area (Å²) in [6.07, 6.45) is 1.22. The molecule has 1 amide bonds. The van der Waals surface area contributed by atoms with Gasteiger partial charge in [0.25, 0.3) is 0 Å². The highest BCUT2D eigenvalue weighted by atomic mass is 32.1. The number of rotatable bonds is 3. The molecule has 0 spiro atoms. The third-order valence-electron chi connectivity index (χ3n) is 6.97. The lowest BCUT2D eigenvalue weighted by Gasteiger charge is -2.36. The highest BCUT2D eigenvalue weighted by molar-refractivity contribution is 7.17. The van der Waals surface area contributed by atoms with Crippen molar-refractivity contribution in [3.63, 3.8) is 0 Å². The van der Waals surface area contributed by atoms with Crippen LogP contribution in [0.1, 0.15) is 28.4 Å². The van der Waals surface area contributed by atoms with Gasteiger partial charge in [0, 0.05) is 27.8 Å². The third kappa shape index (κ3) is 3.02. The minimum Gasteiger partial charge on any atom is -0.454 e.